The molecule has 2 aliphatic rings. The molecular formula is C27H50Cl2O2Si4. The van der Waals surface area contributed by atoms with Crippen LogP contribution in [0.4, 0.5) is 0 Å². The number of hydrogen-bond donors (Lipinski definition) is 0. The molecule has 0 amide bonds. The molecule has 0 bridgehead atoms. The Balaban J connectivity index is 2.53. The zero-order valence-corrected chi connectivity index (χ0v) is 30.3. The summed E-state index contributed by atoms with van der Waals surface area (Å²) in [7, 11) is -7.22. The molecule has 0 N–H and O–H groups in total. The second kappa shape index (κ2) is 10.5. The summed E-state index contributed by atoms with van der Waals surface area (Å²) >= 11 is 14.1. The quantitative estimate of drug-likeness (QED) is 0.236. The Hall–Kier alpha value is 0.328. The molecule has 0 aliphatic heterocycles. The van der Waals surface area contributed by atoms with Crippen molar-refractivity contribution in [3.63, 3.8) is 0 Å². The number of hydrogen-bond acceptors (Lipinski definition) is 2. The van der Waals surface area contributed by atoms with Crippen molar-refractivity contribution in [2.45, 2.75) is 117 Å². The summed E-state index contributed by atoms with van der Waals surface area (Å²) in [6.07, 6.45) is 6.40. The minimum Gasteiger partial charge on any atom is -0.418 e. The lowest BCUT2D eigenvalue weighted by Gasteiger charge is -2.43. The molecule has 0 fully saturated rings. The van der Waals surface area contributed by atoms with Gasteiger partial charge < -0.3 is 8.85 Å². The number of allylic oxidation sites excluding steroid dienone is 8. The fraction of sp³-hybridized carbons (Fsp3) is 0.704. The van der Waals surface area contributed by atoms with Crippen LogP contribution < -0.4 is 0 Å². The second-order valence-corrected chi connectivity index (χ2v) is 33.4. The summed E-state index contributed by atoms with van der Waals surface area (Å²) in [6.45, 7) is 32.7. The van der Waals surface area contributed by atoms with Crippen molar-refractivity contribution in [2.24, 2.45) is 5.41 Å². The van der Waals surface area contributed by atoms with Crippen LogP contribution in [0.15, 0.2) is 43.8 Å². The topological polar surface area (TPSA) is 18.5 Å². The van der Waals surface area contributed by atoms with E-state index in [1.807, 2.05) is 0 Å². The van der Waals surface area contributed by atoms with E-state index in [1.165, 1.54) is 21.5 Å². The van der Waals surface area contributed by atoms with Gasteiger partial charge in [0, 0.05) is 39.8 Å². The third-order valence-corrected chi connectivity index (χ3v) is 19.0. The molecule has 0 saturated carbocycles. The van der Waals surface area contributed by atoms with Gasteiger partial charge >= 0.3 is 0 Å². The normalized spacial score (nSPS) is 20.5. The molecule has 200 valence electrons. The first-order valence-electron chi connectivity index (χ1n) is 13.1. The van der Waals surface area contributed by atoms with Crippen molar-refractivity contribution in [1.29, 1.82) is 0 Å². The van der Waals surface area contributed by atoms with Crippen molar-refractivity contribution in [2.75, 3.05) is 0 Å². The highest BCUT2D eigenvalue weighted by molar-refractivity contribution is 6.88. The molecule has 2 atom stereocenters. The van der Waals surface area contributed by atoms with Crippen LogP contribution in [0.25, 0.3) is 0 Å². The van der Waals surface area contributed by atoms with Crippen LogP contribution in [-0.4, -0.2) is 44.2 Å². The van der Waals surface area contributed by atoms with E-state index in [0.29, 0.717) is 0 Å². The summed E-state index contributed by atoms with van der Waals surface area (Å²) in [6, 6.07) is 0. The van der Waals surface area contributed by atoms with Crippen molar-refractivity contribution >= 4 is 56.0 Å². The van der Waals surface area contributed by atoms with Gasteiger partial charge in [-0.1, -0.05) is 85.8 Å². The Labute approximate surface area is 230 Å². The molecule has 0 radical (unpaired) electrons. The monoisotopic (exact) mass is 588 g/mol. The maximum absolute atomic E-state index is 7.06. The molecule has 0 aromatic heterocycles. The van der Waals surface area contributed by atoms with Gasteiger partial charge in [-0.3, -0.25) is 0 Å². The molecule has 8 heteroatoms. The van der Waals surface area contributed by atoms with Gasteiger partial charge in [-0.15, -0.1) is 0 Å². The molecule has 0 aromatic carbocycles. The average Bonchev–Trinajstić information content (AvgIpc) is 3.23. The molecule has 35 heavy (non-hydrogen) atoms. The molecule has 0 saturated heterocycles. The van der Waals surface area contributed by atoms with Crippen LogP contribution in [-0.2, 0) is 8.85 Å². The van der Waals surface area contributed by atoms with E-state index in [1.54, 1.807) is 0 Å². The molecule has 0 heterocycles. The predicted molar refractivity (Wildman–Crippen MR) is 168 cm³/mol. The Morgan fingerprint density at radius 1 is 0.657 bits per heavy atom. The Kier molecular flexibility index (Phi) is 9.44. The molecular weight excluding hydrogens is 540 g/mol. The Morgan fingerprint density at radius 3 is 1.20 bits per heavy atom. The highest BCUT2D eigenvalue weighted by Gasteiger charge is 2.49. The van der Waals surface area contributed by atoms with E-state index in [9.17, 15) is 0 Å². The summed E-state index contributed by atoms with van der Waals surface area (Å²) < 4.78 is 13.3. The lowest BCUT2D eigenvalue weighted by molar-refractivity contribution is 0.282. The van der Waals surface area contributed by atoms with Crippen LogP contribution in [0.5, 0.6) is 0 Å². The molecule has 2 unspecified atom stereocenters. The predicted octanol–water partition coefficient (Wildman–Crippen LogP) is 9.71. The smallest absolute Gasteiger partial charge is 0.183 e. The number of rotatable bonds is 10. The fourth-order valence-electron chi connectivity index (χ4n) is 5.52. The lowest BCUT2D eigenvalue weighted by Crippen LogP contribution is -2.51. The van der Waals surface area contributed by atoms with Gasteiger partial charge in [0.1, 0.15) is 16.1 Å². The Bertz CT molecular complexity index is 885. The second-order valence-electron chi connectivity index (χ2n) is 14.0. The fourth-order valence-corrected chi connectivity index (χ4v) is 17.5. The third kappa shape index (κ3) is 6.86. The van der Waals surface area contributed by atoms with Gasteiger partial charge in [0.05, 0.1) is 0 Å². The van der Waals surface area contributed by atoms with E-state index in [2.05, 4.69) is 105 Å². The van der Waals surface area contributed by atoms with Gasteiger partial charge in [-0.05, 0) is 64.3 Å². The van der Waals surface area contributed by atoms with Crippen molar-refractivity contribution in [1.82, 2.24) is 0 Å². The first-order valence-corrected chi connectivity index (χ1v) is 26.8. The van der Waals surface area contributed by atoms with E-state index in [0.717, 1.165) is 22.9 Å². The van der Waals surface area contributed by atoms with Crippen LogP contribution in [0.3, 0.4) is 0 Å². The van der Waals surface area contributed by atoms with Gasteiger partial charge in [0.2, 0.25) is 0 Å². The van der Waals surface area contributed by atoms with E-state index in [4.69, 9.17) is 32.1 Å². The summed E-state index contributed by atoms with van der Waals surface area (Å²) in [5.74, 6) is 0. The minimum absolute atomic E-state index is 0.229. The van der Waals surface area contributed by atoms with Crippen LogP contribution >= 0.6 is 23.2 Å². The molecule has 2 rings (SSSR count). The van der Waals surface area contributed by atoms with Gasteiger partial charge in [0.25, 0.3) is 0 Å². The van der Waals surface area contributed by atoms with Gasteiger partial charge in [-0.25, -0.2) is 0 Å². The summed E-state index contributed by atoms with van der Waals surface area (Å²) in [5.41, 5.74) is 2.78. The standard InChI is InChI=1S/C27H50Cl2O2Si4/c1-19(30-32(5,6)7)34(11,12)23-17-15-21(28)25(23)27(3,4)26-22(29)16-18-24(26)35(13,14)20(2)31-33(8,9)10/h17-20H,15-16H2,1-14H3. The van der Waals surface area contributed by atoms with E-state index < -0.39 is 32.8 Å². The maximum Gasteiger partial charge on any atom is 0.183 e. The van der Waals surface area contributed by atoms with Crippen LogP contribution in [0.1, 0.15) is 40.5 Å². The first kappa shape index (κ1) is 31.5. The van der Waals surface area contributed by atoms with Crippen LogP contribution in [0.2, 0.25) is 65.5 Å². The minimum atomic E-state index is -1.95. The Morgan fingerprint density at radius 2 is 0.943 bits per heavy atom. The zero-order chi connectivity index (χ0) is 27.4. The van der Waals surface area contributed by atoms with Crippen molar-refractivity contribution in [3.05, 3.63) is 43.8 Å². The molecule has 0 aromatic rings. The SMILES string of the molecule is CC(O[Si](C)(C)C)[Si](C)(C)C1=CCC(Cl)=C1C(C)(C)C1=C(Cl)CC=C1[Si](C)(C)C(C)O[Si](C)(C)C. The summed E-state index contributed by atoms with van der Waals surface area (Å²) in [4.78, 5) is 0. The van der Waals surface area contributed by atoms with Crippen molar-refractivity contribution < 1.29 is 8.85 Å². The van der Waals surface area contributed by atoms with Crippen molar-refractivity contribution in [3.8, 4) is 0 Å². The van der Waals surface area contributed by atoms with Crippen LogP contribution in [0, 0.1) is 5.41 Å². The largest absolute Gasteiger partial charge is 0.418 e. The zero-order valence-electron chi connectivity index (χ0n) is 24.8. The molecule has 2 aliphatic carbocycles. The number of halogens is 2. The first-order chi connectivity index (χ1) is 15.5. The van der Waals surface area contributed by atoms with Gasteiger partial charge in [-0.2, -0.15) is 0 Å². The van der Waals surface area contributed by atoms with E-state index >= 15 is 0 Å². The van der Waals surface area contributed by atoms with Gasteiger partial charge in [0.15, 0.2) is 16.6 Å². The summed E-state index contributed by atoms with van der Waals surface area (Å²) in [5, 5.41) is 4.85. The third-order valence-electron chi connectivity index (χ3n) is 7.78. The van der Waals surface area contributed by atoms with E-state index in [-0.39, 0.29) is 16.9 Å². The highest BCUT2D eigenvalue weighted by Crippen LogP contribution is 2.55. The molecule has 0 spiro atoms. The molecule has 2 nitrogen and oxygen atoms in total. The maximum atomic E-state index is 7.06. The average molecular weight is 590 g/mol. The highest BCUT2D eigenvalue weighted by atomic mass is 35.5. The lowest BCUT2D eigenvalue weighted by atomic mass is 9.77.